The summed E-state index contributed by atoms with van der Waals surface area (Å²) in [5.74, 6) is -0.0994. The van der Waals surface area contributed by atoms with Gasteiger partial charge in [-0.05, 0) is 17.6 Å². The smallest absolute Gasteiger partial charge is 0.339 e. The average Bonchev–Trinajstić information content (AvgIpc) is 3.03. The van der Waals surface area contributed by atoms with Crippen molar-refractivity contribution in [2.75, 3.05) is 0 Å². The van der Waals surface area contributed by atoms with Crippen molar-refractivity contribution in [3.05, 3.63) is 41.9 Å². The number of benzene rings is 1. The Bertz CT molecular complexity index is 722. The number of hydrogen-bond acceptors (Lipinski definition) is 6. The quantitative estimate of drug-likeness (QED) is 0.744. The summed E-state index contributed by atoms with van der Waals surface area (Å²) >= 11 is 2.69. The maximum absolute atomic E-state index is 11.4. The van der Waals surface area contributed by atoms with Crippen LogP contribution in [0, 0.1) is 0 Å². The number of para-hydroxylation sites is 1. The van der Waals surface area contributed by atoms with E-state index in [1.807, 2.05) is 6.07 Å². The summed E-state index contributed by atoms with van der Waals surface area (Å²) in [5, 5.41) is 9.94. The average molecular weight is 292 g/mol. The summed E-state index contributed by atoms with van der Waals surface area (Å²) in [6.45, 7) is 0. The standard InChI is InChI=1S/C12H8N2O3S2/c15-11(16)10-7-3-1-2-4-8(7)17-9(10)5-18-12-13-6-14-19-12/h1-4,6H,5H2,(H,15,16). The van der Waals surface area contributed by atoms with E-state index in [9.17, 15) is 9.90 Å². The molecule has 5 nitrogen and oxygen atoms in total. The normalized spacial score (nSPS) is 10.9. The molecule has 0 spiro atoms. The molecule has 0 radical (unpaired) electrons. The van der Waals surface area contributed by atoms with Crippen LogP contribution in [0.25, 0.3) is 11.0 Å². The molecule has 96 valence electrons. The molecule has 0 unspecified atom stereocenters. The number of aromatic carboxylic acids is 1. The molecule has 19 heavy (non-hydrogen) atoms. The van der Waals surface area contributed by atoms with Gasteiger partial charge in [-0.15, -0.1) is 0 Å². The molecule has 2 aromatic heterocycles. The minimum atomic E-state index is -0.974. The number of thioether (sulfide) groups is 1. The van der Waals surface area contributed by atoms with Gasteiger partial charge in [-0.3, -0.25) is 0 Å². The molecule has 0 atom stereocenters. The summed E-state index contributed by atoms with van der Waals surface area (Å²) in [6, 6.07) is 7.13. The third-order valence-electron chi connectivity index (χ3n) is 2.55. The molecule has 0 fully saturated rings. The molecule has 7 heteroatoms. The van der Waals surface area contributed by atoms with E-state index in [1.165, 1.54) is 29.6 Å². The Morgan fingerprint density at radius 2 is 2.26 bits per heavy atom. The Kier molecular flexibility index (Phi) is 3.22. The number of aromatic nitrogens is 2. The van der Waals surface area contributed by atoms with Crippen molar-refractivity contribution >= 4 is 40.2 Å². The molecular formula is C12H8N2O3S2. The molecule has 0 saturated heterocycles. The summed E-state index contributed by atoms with van der Waals surface area (Å²) < 4.78 is 10.3. The molecule has 0 aliphatic rings. The monoisotopic (exact) mass is 292 g/mol. The van der Waals surface area contributed by atoms with E-state index >= 15 is 0 Å². The first-order valence-corrected chi connectivity index (χ1v) is 7.15. The molecule has 1 aromatic carbocycles. The Balaban J connectivity index is 1.98. The second-order valence-corrected chi connectivity index (χ2v) is 5.70. The van der Waals surface area contributed by atoms with Crippen molar-refractivity contribution in [2.24, 2.45) is 0 Å². The van der Waals surface area contributed by atoms with Gasteiger partial charge < -0.3 is 9.52 Å². The van der Waals surface area contributed by atoms with Crippen LogP contribution < -0.4 is 0 Å². The lowest BCUT2D eigenvalue weighted by molar-refractivity contribution is 0.0697. The van der Waals surface area contributed by atoms with Gasteiger partial charge in [0.1, 0.15) is 23.2 Å². The Hall–Kier alpha value is -1.86. The molecule has 0 amide bonds. The molecule has 3 aromatic rings. The van der Waals surface area contributed by atoms with Crippen molar-refractivity contribution in [3.63, 3.8) is 0 Å². The first-order chi connectivity index (χ1) is 9.25. The van der Waals surface area contributed by atoms with Gasteiger partial charge in [0.05, 0.1) is 5.75 Å². The topological polar surface area (TPSA) is 76.2 Å². The van der Waals surface area contributed by atoms with Crippen LogP contribution in [0.5, 0.6) is 0 Å². The number of fused-ring (bicyclic) bond motifs is 1. The number of carboxylic acids is 1. The number of carboxylic acid groups (broad SMARTS) is 1. The highest BCUT2D eigenvalue weighted by atomic mass is 32.2. The molecule has 2 heterocycles. The van der Waals surface area contributed by atoms with Crippen LogP contribution in [0.3, 0.4) is 0 Å². The van der Waals surface area contributed by atoms with Crippen LogP contribution in [-0.4, -0.2) is 20.4 Å². The fraction of sp³-hybridized carbons (Fsp3) is 0.0833. The van der Waals surface area contributed by atoms with Gasteiger partial charge in [0.15, 0.2) is 4.34 Å². The first-order valence-electron chi connectivity index (χ1n) is 5.39. The highest BCUT2D eigenvalue weighted by Crippen LogP contribution is 2.31. The third kappa shape index (κ3) is 2.34. The lowest BCUT2D eigenvalue weighted by Crippen LogP contribution is -1.98. The lowest BCUT2D eigenvalue weighted by Gasteiger charge is -1.96. The summed E-state index contributed by atoms with van der Waals surface area (Å²) in [5.41, 5.74) is 0.820. The van der Waals surface area contributed by atoms with Gasteiger partial charge in [0, 0.05) is 5.39 Å². The van der Waals surface area contributed by atoms with Crippen LogP contribution in [-0.2, 0) is 5.75 Å². The predicted molar refractivity (Wildman–Crippen MR) is 72.6 cm³/mol. The second kappa shape index (κ2) is 5.02. The number of hydrogen-bond donors (Lipinski definition) is 1. The zero-order valence-electron chi connectivity index (χ0n) is 9.57. The summed E-state index contributed by atoms with van der Waals surface area (Å²) in [7, 11) is 0. The molecule has 0 saturated carbocycles. The van der Waals surface area contributed by atoms with Crippen LogP contribution in [0.1, 0.15) is 16.1 Å². The van der Waals surface area contributed by atoms with Crippen molar-refractivity contribution < 1.29 is 14.3 Å². The highest BCUT2D eigenvalue weighted by molar-refractivity contribution is 8.00. The van der Waals surface area contributed by atoms with Gasteiger partial charge >= 0.3 is 5.97 Å². The van der Waals surface area contributed by atoms with E-state index in [0.717, 1.165) is 4.34 Å². The summed E-state index contributed by atoms with van der Waals surface area (Å²) in [4.78, 5) is 15.4. The van der Waals surface area contributed by atoms with Gasteiger partial charge in [-0.1, -0.05) is 30.0 Å². The number of rotatable bonds is 4. The zero-order valence-corrected chi connectivity index (χ0v) is 11.2. The minimum Gasteiger partial charge on any atom is -0.478 e. The molecular weight excluding hydrogens is 284 g/mol. The fourth-order valence-electron chi connectivity index (χ4n) is 1.79. The van der Waals surface area contributed by atoms with E-state index in [-0.39, 0.29) is 5.56 Å². The Morgan fingerprint density at radius 1 is 1.42 bits per heavy atom. The van der Waals surface area contributed by atoms with Gasteiger partial charge in [0.25, 0.3) is 0 Å². The molecule has 0 aliphatic heterocycles. The third-order valence-corrected chi connectivity index (χ3v) is 4.35. The number of furan rings is 1. The van der Waals surface area contributed by atoms with Gasteiger partial charge in [-0.25, -0.2) is 9.78 Å². The lowest BCUT2D eigenvalue weighted by atomic mass is 10.1. The van der Waals surface area contributed by atoms with Crippen molar-refractivity contribution in [2.45, 2.75) is 10.1 Å². The minimum absolute atomic E-state index is 0.229. The largest absolute Gasteiger partial charge is 0.478 e. The van der Waals surface area contributed by atoms with Crippen LogP contribution in [0.4, 0.5) is 0 Å². The maximum atomic E-state index is 11.4. The van der Waals surface area contributed by atoms with E-state index in [0.29, 0.717) is 22.5 Å². The molecule has 3 rings (SSSR count). The van der Waals surface area contributed by atoms with Crippen molar-refractivity contribution in [3.8, 4) is 0 Å². The first kappa shape index (κ1) is 12.2. The molecule has 0 aliphatic carbocycles. The SMILES string of the molecule is O=C(O)c1c(CSc2ncns2)oc2ccccc12. The van der Waals surface area contributed by atoms with E-state index in [4.69, 9.17) is 4.42 Å². The predicted octanol–water partition coefficient (Wildman–Crippen LogP) is 3.27. The van der Waals surface area contributed by atoms with Crippen LogP contribution >= 0.6 is 23.3 Å². The number of nitrogens with zero attached hydrogens (tertiary/aromatic N) is 2. The van der Waals surface area contributed by atoms with Crippen LogP contribution in [0.2, 0.25) is 0 Å². The Morgan fingerprint density at radius 3 is 3.00 bits per heavy atom. The van der Waals surface area contributed by atoms with Crippen molar-refractivity contribution in [1.82, 2.24) is 9.36 Å². The highest BCUT2D eigenvalue weighted by Gasteiger charge is 2.20. The molecule has 0 bridgehead atoms. The molecule has 1 N–H and O–H groups in total. The fourth-order valence-corrected chi connectivity index (χ4v) is 3.16. The van der Waals surface area contributed by atoms with Crippen molar-refractivity contribution in [1.29, 1.82) is 0 Å². The second-order valence-electron chi connectivity index (χ2n) is 3.70. The Labute approximate surface area is 116 Å². The maximum Gasteiger partial charge on any atom is 0.339 e. The van der Waals surface area contributed by atoms with Gasteiger partial charge in [-0.2, -0.15) is 4.37 Å². The van der Waals surface area contributed by atoms with E-state index in [2.05, 4.69) is 9.36 Å². The summed E-state index contributed by atoms with van der Waals surface area (Å²) in [6.07, 6.45) is 1.48. The number of carbonyl (C=O) groups is 1. The van der Waals surface area contributed by atoms with E-state index < -0.39 is 5.97 Å². The van der Waals surface area contributed by atoms with Gasteiger partial charge in [0.2, 0.25) is 0 Å². The van der Waals surface area contributed by atoms with Crippen LogP contribution in [0.15, 0.2) is 39.3 Å². The zero-order chi connectivity index (χ0) is 13.2. The van der Waals surface area contributed by atoms with E-state index in [1.54, 1.807) is 18.2 Å².